The Morgan fingerprint density at radius 2 is 2.05 bits per heavy atom. The van der Waals surface area contributed by atoms with Crippen LogP contribution in [0.3, 0.4) is 0 Å². The number of amides is 2. The lowest BCUT2D eigenvalue weighted by Gasteiger charge is -2.17. The number of aryl methyl sites for hydroxylation is 1. The molecule has 1 aromatic carbocycles. The summed E-state index contributed by atoms with van der Waals surface area (Å²) in [6.07, 6.45) is 0. The van der Waals surface area contributed by atoms with Crippen LogP contribution in [0, 0.1) is 12.8 Å². The van der Waals surface area contributed by atoms with Crippen molar-refractivity contribution in [3.63, 3.8) is 0 Å². The van der Waals surface area contributed by atoms with Crippen LogP contribution in [-0.4, -0.2) is 28.1 Å². The van der Waals surface area contributed by atoms with Gasteiger partial charge in [-0.2, -0.15) is 0 Å². The number of aromatic nitrogens is 1. The van der Waals surface area contributed by atoms with E-state index in [1.807, 2.05) is 25.1 Å². The minimum Gasteiger partial charge on any atom is -0.480 e. The van der Waals surface area contributed by atoms with Gasteiger partial charge in [-0.1, -0.05) is 31.3 Å². The van der Waals surface area contributed by atoms with Gasteiger partial charge in [0.15, 0.2) is 5.13 Å². The highest BCUT2D eigenvalue weighted by Crippen LogP contribution is 2.26. The first-order valence-corrected chi connectivity index (χ1v) is 7.36. The molecular weight excluding hydrogens is 290 g/mol. The third-order valence-corrected chi connectivity index (χ3v) is 3.92. The quantitative estimate of drug-likeness (QED) is 0.810. The first kappa shape index (κ1) is 15.2. The van der Waals surface area contributed by atoms with Crippen LogP contribution in [0.1, 0.15) is 19.4 Å². The SMILES string of the molecule is Cc1ccc2nc(NC(=O)N[C@H](C(=O)O)C(C)C)sc2c1. The van der Waals surface area contributed by atoms with E-state index < -0.39 is 18.0 Å². The van der Waals surface area contributed by atoms with Gasteiger partial charge in [0.25, 0.3) is 0 Å². The number of thiazole rings is 1. The average Bonchev–Trinajstić information content (AvgIpc) is 2.76. The number of urea groups is 1. The van der Waals surface area contributed by atoms with Crippen LogP contribution in [-0.2, 0) is 4.79 Å². The van der Waals surface area contributed by atoms with E-state index in [9.17, 15) is 9.59 Å². The van der Waals surface area contributed by atoms with Crippen molar-refractivity contribution in [3.8, 4) is 0 Å². The standard InChI is InChI=1S/C14H17N3O3S/c1-7(2)11(12(18)19)16-13(20)17-14-15-9-5-4-8(3)6-10(9)21-14/h4-7,11H,1-3H3,(H,18,19)(H2,15,16,17,20)/t11-/m0/s1. The molecule has 21 heavy (non-hydrogen) atoms. The maximum Gasteiger partial charge on any atom is 0.326 e. The Labute approximate surface area is 126 Å². The molecule has 0 spiro atoms. The molecule has 0 unspecified atom stereocenters. The number of carbonyl (C=O) groups is 2. The third kappa shape index (κ3) is 3.69. The molecule has 112 valence electrons. The second-order valence-corrected chi connectivity index (χ2v) is 6.18. The first-order valence-electron chi connectivity index (χ1n) is 6.54. The van der Waals surface area contributed by atoms with E-state index in [4.69, 9.17) is 5.11 Å². The summed E-state index contributed by atoms with van der Waals surface area (Å²) in [5.74, 6) is -1.26. The highest BCUT2D eigenvalue weighted by atomic mass is 32.1. The number of rotatable bonds is 4. The van der Waals surface area contributed by atoms with Crippen LogP contribution in [0.4, 0.5) is 9.93 Å². The van der Waals surface area contributed by atoms with E-state index >= 15 is 0 Å². The first-order chi connectivity index (χ1) is 9.86. The molecule has 2 amide bonds. The van der Waals surface area contributed by atoms with E-state index in [2.05, 4.69) is 15.6 Å². The zero-order valence-corrected chi connectivity index (χ0v) is 12.8. The summed E-state index contributed by atoms with van der Waals surface area (Å²) in [4.78, 5) is 27.2. The lowest BCUT2D eigenvalue weighted by Crippen LogP contribution is -2.46. The fourth-order valence-electron chi connectivity index (χ4n) is 1.87. The normalized spacial score (nSPS) is 12.4. The molecule has 0 bridgehead atoms. The number of hydrogen-bond donors (Lipinski definition) is 3. The Hall–Kier alpha value is -2.15. The summed E-state index contributed by atoms with van der Waals surface area (Å²) in [6.45, 7) is 5.46. The highest BCUT2D eigenvalue weighted by Gasteiger charge is 2.23. The number of benzene rings is 1. The van der Waals surface area contributed by atoms with Crippen LogP contribution in [0.15, 0.2) is 18.2 Å². The number of carbonyl (C=O) groups excluding carboxylic acids is 1. The van der Waals surface area contributed by atoms with Crippen molar-refractivity contribution in [2.75, 3.05) is 5.32 Å². The highest BCUT2D eigenvalue weighted by molar-refractivity contribution is 7.22. The Bertz CT molecular complexity index is 681. The molecule has 0 aliphatic heterocycles. The largest absolute Gasteiger partial charge is 0.480 e. The fourth-order valence-corrected chi connectivity index (χ4v) is 2.83. The Morgan fingerprint density at radius 1 is 1.33 bits per heavy atom. The molecule has 0 saturated carbocycles. The fraction of sp³-hybridized carbons (Fsp3) is 0.357. The van der Waals surface area contributed by atoms with Gasteiger partial charge >= 0.3 is 12.0 Å². The minimum absolute atomic E-state index is 0.203. The maximum absolute atomic E-state index is 11.9. The zero-order chi connectivity index (χ0) is 15.6. The molecule has 7 heteroatoms. The van der Waals surface area contributed by atoms with E-state index in [1.165, 1.54) is 11.3 Å². The molecule has 0 saturated heterocycles. The van der Waals surface area contributed by atoms with Crippen LogP contribution in [0.2, 0.25) is 0 Å². The monoisotopic (exact) mass is 307 g/mol. The van der Waals surface area contributed by atoms with Crippen molar-refractivity contribution in [2.24, 2.45) is 5.92 Å². The van der Waals surface area contributed by atoms with Crippen LogP contribution >= 0.6 is 11.3 Å². The number of nitrogens with one attached hydrogen (secondary N) is 2. The molecule has 0 aliphatic carbocycles. The molecule has 0 fully saturated rings. The zero-order valence-electron chi connectivity index (χ0n) is 12.0. The predicted octanol–water partition coefficient (Wildman–Crippen LogP) is 2.84. The molecule has 2 rings (SSSR count). The number of anilines is 1. The maximum atomic E-state index is 11.9. The number of nitrogens with zero attached hydrogens (tertiary/aromatic N) is 1. The summed E-state index contributed by atoms with van der Waals surface area (Å²) < 4.78 is 0.976. The van der Waals surface area contributed by atoms with Gasteiger partial charge in [-0.05, 0) is 30.5 Å². The number of carboxylic acids is 1. The summed E-state index contributed by atoms with van der Waals surface area (Å²) in [6, 6.07) is 4.34. The van der Waals surface area contributed by atoms with Crippen molar-refractivity contribution in [1.29, 1.82) is 0 Å². The summed E-state index contributed by atoms with van der Waals surface area (Å²) in [5, 5.41) is 14.5. The molecule has 0 radical (unpaired) electrons. The molecule has 1 atom stereocenters. The van der Waals surface area contributed by atoms with Crippen LogP contribution < -0.4 is 10.6 Å². The lowest BCUT2D eigenvalue weighted by molar-refractivity contribution is -0.140. The lowest BCUT2D eigenvalue weighted by atomic mass is 10.1. The van der Waals surface area contributed by atoms with Gasteiger partial charge in [0.05, 0.1) is 10.2 Å². The summed E-state index contributed by atoms with van der Waals surface area (Å²) in [7, 11) is 0. The van der Waals surface area contributed by atoms with Gasteiger partial charge in [0.2, 0.25) is 0 Å². The molecule has 0 aliphatic rings. The topological polar surface area (TPSA) is 91.3 Å². The summed E-state index contributed by atoms with van der Waals surface area (Å²) in [5.41, 5.74) is 1.92. The van der Waals surface area contributed by atoms with Gasteiger partial charge in [-0.15, -0.1) is 0 Å². The van der Waals surface area contributed by atoms with Crippen molar-refractivity contribution in [3.05, 3.63) is 23.8 Å². The van der Waals surface area contributed by atoms with E-state index in [0.717, 1.165) is 15.8 Å². The molecule has 1 heterocycles. The van der Waals surface area contributed by atoms with Gasteiger partial charge in [-0.25, -0.2) is 14.6 Å². The Kier molecular flexibility index (Phi) is 4.42. The molecule has 6 nitrogen and oxygen atoms in total. The van der Waals surface area contributed by atoms with Crippen molar-refractivity contribution in [1.82, 2.24) is 10.3 Å². The number of hydrogen-bond acceptors (Lipinski definition) is 4. The Morgan fingerprint density at radius 3 is 2.67 bits per heavy atom. The smallest absolute Gasteiger partial charge is 0.326 e. The average molecular weight is 307 g/mol. The minimum atomic E-state index is -1.06. The van der Waals surface area contributed by atoms with Gasteiger partial charge in [0, 0.05) is 0 Å². The number of aliphatic carboxylic acids is 1. The third-order valence-electron chi connectivity index (χ3n) is 2.98. The van der Waals surface area contributed by atoms with E-state index in [1.54, 1.807) is 13.8 Å². The molecule has 3 N–H and O–H groups in total. The molecular formula is C14H17N3O3S. The second-order valence-electron chi connectivity index (χ2n) is 5.15. The second kappa shape index (κ2) is 6.09. The molecule has 1 aromatic heterocycles. The van der Waals surface area contributed by atoms with Crippen molar-refractivity contribution in [2.45, 2.75) is 26.8 Å². The Balaban J connectivity index is 2.09. The van der Waals surface area contributed by atoms with Gasteiger partial charge in [-0.3, -0.25) is 5.32 Å². The van der Waals surface area contributed by atoms with Crippen molar-refractivity contribution < 1.29 is 14.7 Å². The summed E-state index contributed by atoms with van der Waals surface area (Å²) >= 11 is 1.35. The van der Waals surface area contributed by atoms with Crippen molar-refractivity contribution >= 4 is 38.7 Å². The predicted molar refractivity (Wildman–Crippen MR) is 82.8 cm³/mol. The van der Waals surface area contributed by atoms with E-state index in [0.29, 0.717) is 5.13 Å². The van der Waals surface area contributed by atoms with Crippen LogP contribution in [0.25, 0.3) is 10.2 Å². The van der Waals surface area contributed by atoms with Gasteiger partial charge < -0.3 is 10.4 Å². The van der Waals surface area contributed by atoms with Crippen LogP contribution in [0.5, 0.6) is 0 Å². The number of carboxylic acid groups (broad SMARTS) is 1. The molecule has 2 aromatic rings. The number of fused-ring (bicyclic) bond motifs is 1. The van der Waals surface area contributed by atoms with E-state index in [-0.39, 0.29) is 5.92 Å². The van der Waals surface area contributed by atoms with Gasteiger partial charge in [0.1, 0.15) is 6.04 Å².